The molecule has 0 aliphatic heterocycles. The third kappa shape index (κ3) is 4.51. The number of aryl methyl sites for hydroxylation is 1. The summed E-state index contributed by atoms with van der Waals surface area (Å²) in [6, 6.07) is 3.16. The van der Waals surface area contributed by atoms with Gasteiger partial charge in [0, 0.05) is 24.4 Å². The number of carbonyl (C=O) groups is 2. The molecule has 1 aromatic carbocycles. The van der Waals surface area contributed by atoms with Crippen molar-refractivity contribution in [2.45, 2.75) is 26.2 Å². The number of halogens is 1. The fourth-order valence-electron chi connectivity index (χ4n) is 2.44. The average molecular weight is 368 g/mol. The quantitative estimate of drug-likeness (QED) is 0.574. The second kappa shape index (κ2) is 8.02. The topological polar surface area (TPSA) is 106 Å². The molecule has 1 heterocycles. The van der Waals surface area contributed by atoms with Crippen molar-refractivity contribution in [2.24, 2.45) is 0 Å². The molecule has 7 nitrogen and oxygen atoms in total. The van der Waals surface area contributed by atoms with E-state index in [1.807, 2.05) is 0 Å². The molecule has 0 unspecified atom stereocenters. The van der Waals surface area contributed by atoms with E-state index < -0.39 is 11.6 Å². The molecule has 2 rings (SSSR count). The summed E-state index contributed by atoms with van der Waals surface area (Å²) >= 11 is 6.11. The van der Waals surface area contributed by atoms with Gasteiger partial charge in [-0.2, -0.15) is 0 Å². The zero-order valence-electron chi connectivity index (χ0n) is 13.8. The van der Waals surface area contributed by atoms with Crippen molar-refractivity contribution in [2.75, 3.05) is 13.7 Å². The monoisotopic (exact) mass is 367 g/mol. The van der Waals surface area contributed by atoms with Crippen LogP contribution in [0, 0.1) is 6.92 Å². The van der Waals surface area contributed by atoms with E-state index in [-0.39, 0.29) is 30.9 Å². The van der Waals surface area contributed by atoms with E-state index >= 15 is 0 Å². The first kappa shape index (κ1) is 18.8. The number of carboxylic acid groups (broad SMARTS) is 1. The van der Waals surface area contributed by atoms with Crippen LogP contribution in [0.4, 0.5) is 0 Å². The molecule has 0 saturated heterocycles. The van der Waals surface area contributed by atoms with Crippen molar-refractivity contribution >= 4 is 34.4 Å². The minimum atomic E-state index is -0.924. The van der Waals surface area contributed by atoms with Crippen LogP contribution in [0.15, 0.2) is 21.3 Å². The maximum atomic E-state index is 12.2. The normalized spacial score (nSPS) is 10.7. The molecule has 8 heteroatoms. The third-order valence-corrected chi connectivity index (χ3v) is 4.08. The van der Waals surface area contributed by atoms with E-state index in [4.69, 9.17) is 25.9 Å². The number of rotatable bonds is 7. The number of fused-ring (bicyclic) bond motifs is 1. The Balaban J connectivity index is 2.22. The summed E-state index contributed by atoms with van der Waals surface area (Å²) in [5, 5.41) is 12.1. The van der Waals surface area contributed by atoms with Crippen LogP contribution < -0.4 is 15.7 Å². The van der Waals surface area contributed by atoms with Crippen molar-refractivity contribution in [3.8, 4) is 5.75 Å². The molecule has 2 aromatic rings. The van der Waals surface area contributed by atoms with Crippen molar-refractivity contribution in [3.63, 3.8) is 0 Å². The Hall–Kier alpha value is -2.54. The number of aliphatic carboxylic acids is 1. The van der Waals surface area contributed by atoms with Crippen LogP contribution in [0.5, 0.6) is 5.75 Å². The van der Waals surface area contributed by atoms with Gasteiger partial charge in [-0.25, -0.2) is 4.79 Å². The molecule has 0 radical (unpaired) electrons. The van der Waals surface area contributed by atoms with Gasteiger partial charge in [0.15, 0.2) is 0 Å². The van der Waals surface area contributed by atoms with Gasteiger partial charge in [-0.15, -0.1) is 0 Å². The van der Waals surface area contributed by atoms with E-state index in [0.717, 1.165) is 0 Å². The molecule has 0 saturated carbocycles. The highest BCUT2D eigenvalue weighted by molar-refractivity contribution is 6.32. The van der Waals surface area contributed by atoms with E-state index in [9.17, 15) is 14.4 Å². The molecular formula is C17H18ClNO6. The SMILES string of the molecule is COc1cc2oc(=O)c(CC(=O)NCCCC(=O)O)c(C)c2cc1Cl. The van der Waals surface area contributed by atoms with Gasteiger partial charge in [-0.1, -0.05) is 11.6 Å². The Kier molecular flexibility index (Phi) is 6.03. The maximum absolute atomic E-state index is 12.2. The third-order valence-electron chi connectivity index (χ3n) is 3.79. The molecule has 134 valence electrons. The highest BCUT2D eigenvalue weighted by atomic mass is 35.5. The van der Waals surface area contributed by atoms with E-state index in [1.165, 1.54) is 13.2 Å². The van der Waals surface area contributed by atoms with Gasteiger partial charge >= 0.3 is 11.6 Å². The second-order valence-electron chi connectivity index (χ2n) is 5.50. The summed E-state index contributed by atoms with van der Waals surface area (Å²) in [7, 11) is 1.46. The number of benzene rings is 1. The van der Waals surface area contributed by atoms with Gasteiger partial charge in [0.05, 0.1) is 24.1 Å². The van der Waals surface area contributed by atoms with E-state index in [2.05, 4.69) is 5.32 Å². The molecule has 0 atom stereocenters. The average Bonchev–Trinajstić information content (AvgIpc) is 2.55. The van der Waals surface area contributed by atoms with Gasteiger partial charge in [0.1, 0.15) is 11.3 Å². The first-order chi connectivity index (χ1) is 11.8. The van der Waals surface area contributed by atoms with Gasteiger partial charge in [-0.3, -0.25) is 9.59 Å². The van der Waals surface area contributed by atoms with Crippen molar-refractivity contribution in [3.05, 3.63) is 38.7 Å². The Labute approximate surface area is 148 Å². The Bertz CT molecular complexity index is 874. The second-order valence-corrected chi connectivity index (χ2v) is 5.91. The summed E-state index contributed by atoms with van der Waals surface area (Å²) in [5.74, 6) is -0.909. The molecule has 0 aliphatic carbocycles. The molecular weight excluding hydrogens is 350 g/mol. The van der Waals surface area contributed by atoms with Gasteiger partial charge < -0.3 is 19.6 Å². The van der Waals surface area contributed by atoms with Gasteiger partial charge in [-0.05, 0) is 25.0 Å². The molecule has 0 fully saturated rings. The zero-order valence-corrected chi connectivity index (χ0v) is 14.6. The number of ether oxygens (including phenoxy) is 1. The Morgan fingerprint density at radius 1 is 1.36 bits per heavy atom. The Morgan fingerprint density at radius 2 is 2.08 bits per heavy atom. The highest BCUT2D eigenvalue weighted by Crippen LogP contribution is 2.31. The lowest BCUT2D eigenvalue weighted by atomic mass is 10.0. The smallest absolute Gasteiger partial charge is 0.340 e. The molecule has 0 aliphatic rings. The molecule has 1 aromatic heterocycles. The molecule has 0 spiro atoms. The number of hydrogen-bond donors (Lipinski definition) is 2. The standard InChI is InChI=1S/C17H18ClNO6/c1-9-10-6-12(18)14(24-2)8-13(10)25-17(23)11(9)7-15(20)19-5-3-4-16(21)22/h6,8H,3-5,7H2,1-2H3,(H,19,20)(H,21,22). The number of hydrogen-bond acceptors (Lipinski definition) is 5. The van der Waals surface area contributed by atoms with Crippen molar-refractivity contribution in [1.29, 1.82) is 0 Å². The number of carbonyl (C=O) groups excluding carboxylic acids is 1. The Morgan fingerprint density at radius 3 is 2.72 bits per heavy atom. The first-order valence-electron chi connectivity index (χ1n) is 7.61. The van der Waals surface area contributed by atoms with Crippen LogP contribution in [0.25, 0.3) is 11.0 Å². The minimum absolute atomic E-state index is 0.0300. The van der Waals surface area contributed by atoms with Crippen LogP contribution in [-0.4, -0.2) is 30.6 Å². The predicted octanol–water partition coefficient (Wildman–Crippen LogP) is 2.29. The molecule has 2 N–H and O–H groups in total. The molecule has 1 amide bonds. The lowest BCUT2D eigenvalue weighted by Crippen LogP contribution is -2.28. The number of amides is 1. The van der Waals surface area contributed by atoms with Crippen LogP contribution in [0.1, 0.15) is 24.0 Å². The van der Waals surface area contributed by atoms with Crippen molar-refractivity contribution < 1.29 is 23.8 Å². The summed E-state index contributed by atoms with van der Waals surface area (Å²) in [6.45, 7) is 1.95. The van der Waals surface area contributed by atoms with Gasteiger partial charge in [0.25, 0.3) is 0 Å². The van der Waals surface area contributed by atoms with Crippen LogP contribution in [-0.2, 0) is 16.0 Å². The predicted molar refractivity (Wildman–Crippen MR) is 92.4 cm³/mol. The zero-order chi connectivity index (χ0) is 18.6. The van der Waals surface area contributed by atoms with E-state index in [1.54, 1.807) is 13.0 Å². The number of nitrogens with one attached hydrogen (secondary N) is 1. The lowest BCUT2D eigenvalue weighted by Gasteiger charge is -2.10. The summed E-state index contributed by atoms with van der Waals surface area (Å²) in [5.41, 5.74) is 0.574. The number of carboxylic acids is 1. The largest absolute Gasteiger partial charge is 0.495 e. The van der Waals surface area contributed by atoms with Crippen LogP contribution >= 0.6 is 11.6 Å². The summed E-state index contributed by atoms with van der Waals surface area (Å²) in [6.07, 6.45) is 0.139. The fraction of sp³-hybridized carbons (Fsp3) is 0.353. The van der Waals surface area contributed by atoms with Crippen LogP contribution in [0.2, 0.25) is 5.02 Å². The first-order valence-corrected chi connectivity index (χ1v) is 7.99. The van der Waals surface area contributed by atoms with Crippen molar-refractivity contribution in [1.82, 2.24) is 5.32 Å². The summed E-state index contributed by atoms with van der Waals surface area (Å²) in [4.78, 5) is 34.6. The fourth-order valence-corrected chi connectivity index (χ4v) is 2.68. The van der Waals surface area contributed by atoms with Crippen LogP contribution in [0.3, 0.4) is 0 Å². The summed E-state index contributed by atoms with van der Waals surface area (Å²) < 4.78 is 10.4. The molecule has 0 bridgehead atoms. The maximum Gasteiger partial charge on any atom is 0.340 e. The lowest BCUT2D eigenvalue weighted by molar-refractivity contribution is -0.137. The van der Waals surface area contributed by atoms with Gasteiger partial charge in [0.2, 0.25) is 5.91 Å². The minimum Gasteiger partial charge on any atom is -0.495 e. The molecule has 25 heavy (non-hydrogen) atoms. The highest BCUT2D eigenvalue weighted by Gasteiger charge is 2.16. The van der Waals surface area contributed by atoms with E-state index in [0.29, 0.717) is 33.7 Å². The number of methoxy groups -OCH3 is 1.